The van der Waals surface area contributed by atoms with Gasteiger partial charge in [0.25, 0.3) is 0 Å². The van der Waals surface area contributed by atoms with E-state index in [-0.39, 0.29) is 0 Å². The molecule has 0 radical (unpaired) electrons. The third-order valence-corrected chi connectivity index (χ3v) is 2.23. The number of nitrogens with zero attached hydrogens (tertiary/aromatic N) is 2. The van der Waals surface area contributed by atoms with Gasteiger partial charge in [-0.3, -0.25) is 4.98 Å². The molecule has 0 saturated carbocycles. The van der Waals surface area contributed by atoms with Crippen molar-refractivity contribution in [1.29, 1.82) is 5.26 Å². The fraction of sp³-hybridized carbons (Fsp3) is 0.400. The Hall–Kier alpha value is -1.60. The van der Waals surface area contributed by atoms with Gasteiger partial charge in [-0.25, -0.2) is 0 Å². The minimum atomic E-state index is 0.311. The Balaban J connectivity index is 2.11. The predicted molar refractivity (Wildman–Crippen MR) is 51.8 cm³/mol. The van der Waals surface area contributed by atoms with E-state index in [0.717, 1.165) is 18.7 Å². The Morgan fingerprint density at radius 3 is 3.29 bits per heavy atom. The minimum absolute atomic E-state index is 0.311. The molecule has 0 spiro atoms. The molecule has 2 rings (SSSR count). The summed E-state index contributed by atoms with van der Waals surface area (Å²) in [4.78, 5) is 3.98. The molecule has 1 saturated heterocycles. The number of nitrogens with one attached hydrogen (secondary N) is 1. The second kappa shape index (κ2) is 4.07. The lowest BCUT2D eigenvalue weighted by molar-refractivity contribution is 0.195. The fourth-order valence-electron chi connectivity index (χ4n) is 1.48. The van der Waals surface area contributed by atoms with Gasteiger partial charge in [0.15, 0.2) is 0 Å². The molecule has 1 aromatic heterocycles. The highest BCUT2D eigenvalue weighted by molar-refractivity contribution is 5.55. The Labute approximate surface area is 82.5 Å². The molecular formula is C10H11N3O. The molecule has 1 aromatic rings. The van der Waals surface area contributed by atoms with Crippen LogP contribution in [0.3, 0.4) is 0 Å². The molecule has 1 atom stereocenters. The molecule has 14 heavy (non-hydrogen) atoms. The van der Waals surface area contributed by atoms with E-state index in [9.17, 15) is 0 Å². The number of pyridine rings is 1. The summed E-state index contributed by atoms with van der Waals surface area (Å²) in [5.41, 5.74) is 1.43. The number of nitriles is 1. The largest absolute Gasteiger partial charge is 0.379 e. The van der Waals surface area contributed by atoms with Crippen molar-refractivity contribution in [1.82, 2.24) is 4.98 Å². The van der Waals surface area contributed by atoms with E-state index >= 15 is 0 Å². The van der Waals surface area contributed by atoms with Crippen molar-refractivity contribution in [3.05, 3.63) is 24.0 Å². The van der Waals surface area contributed by atoms with Crippen LogP contribution in [0.1, 0.15) is 12.0 Å². The number of hydrogen-bond donors (Lipinski definition) is 1. The van der Waals surface area contributed by atoms with Crippen LogP contribution in [0, 0.1) is 11.3 Å². The highest BCUT2D eigenvalue weighted by Crippen LogP contribution is 2.16. The van der Waals surface area contributed by atoms with Crippen LogP contribution < -0.4 is 5.32 Å². The maximum atomic E-state index is 8.84. The average molecular weight is 189 g/mol. The van der Waals surface area contributed by atoms with E-state index in [0.29, 0.717) is 18.2 Å². The van der Waals surface area contributed by atoms with E-state index in [1.165, 1.54) is 0 Å². The zero-order valence-corrected chi connectivity index (χ0v) is 7.73. The highest BCUT2D eigenvalue weighted by Gasteiger charge is 2.16. The molecule has 4 nitrogen and oxygen atoms in total. The van der Waals surface area contributed by atoms with Gasteiger partial charge < -0.3 is 10.1 Å². The molecule has 4 heteroatoms. The number of ether oxygens (including phenoxy) is 1. The third-order valence-electron chi connectivity index (χ3n) is 2.23. The second-order valence-electron chi connectivity index (χ2n) is 3.24. The summed E-state index contributed by atoms with van der Waals surface area (Å²) in [6.45, 7) is 1.50. The molecule has 1 unspecified atom stereocenters. The minimum Gasteiger partial charge on any atom is -0.379 e. The number of anilines is 1. The molecular weight excluding hydrogens is 178 g/mol. The van der Waals surface area contributed by atoms with Crippen molar-refractivity contribution in [2.45, 2.75) is 12.5 Å². The Bertz CT molecular complexity index is 353. The first kappa shape index (κ1) is 8.97. The lowest BCUT2D eigenvalue weighted by Crippen LogP contribution is -2.19. The van der Waals surface area contributed by atoms with Gasteiger partial charge >= 0.3 is 0 Å². The molecule has 0 bridgehead atoms. The topological polar surface area (TPSA) is 57.9 Å². The quantitative estimate of drug-likeness (QED) is 0.758. The molecule has 1 fully saturated rings. The van der Waals surface area contributed by atoms with Gasteiger partial charge in [0.1, 0.15) is 6.07 Å². The Morgan fingerprint density at radius 2 is 2.57 bits per heavy atom. The van der Waals surface area contributed by atoms with Gasteiger partial charge in [0.2, 0.25) is 0 Å². The van der Waals surface area contributed by atoms with Crippen molar-refractivity contribution in [2.75, 3.05) is 18.5 Å². The highest BCUT2D eigenvalue weighted by atomic mass is 16.5. The lowest BCUT2D eigenvalue weighted by Gasteiger charge is -2.12. The molecule has 1 aliphatic heterocycles. The van der Waals surface area contributed by atoms with Crippen molar-refractivity contribution in [3.63, 3.8) is 0 Å². The van der Waals surface area contributed by atoms with Gasteiger partial charge in [0.05, 0.1) is 30.1 Å². The van der Waals surface area contributed by atoms with Crippen LogP contribution in [0.5, 0.6) is 0 Å². The van der Waals surface area contributed by atoms with Crippen molar-refractivity contribution < 1.29 is 4.74 Å². The summed E-state index contributed by atoms with van der Waals surface area (Å²) >= 11 is 0. The van der Waals surface area contributed by atoms with Gasteiger partial charge in [-0.1, -0.05) is 0 Å². The van der Waals surface area contributed by atoms with Crippen molar-refractivity contribution in [3.8, 4) is 6.07 Å². The summed E-state index contributed by atoms with van der Waals surface area (Å²) in [6.07, 6.45) is 4.28. The smallest absolute Gasteiger partial charge is 0.101 e. The third kappa shape index (κ3) is 1.83. The summed E-state index contributed by atoms with van der Waals surface area (Å²) in [6, 6.07) is 4.14. The van der Waals surface area contributed by atoms with Crippen LogP contribution in [0.4, 0.5) is 5.69 Å². The molecule has 0 amide bonds. The van der Waals surface area contributed by atoms with Crippen LogP contribution in [-0.2, 0) is 4.74 Å². The van der Waals surface area contributed by atoms with E-state index in [2.05, 4.69) is 16.4 Å². The summed E-state index contributed by atoms with van der Waals surface area (Å²) in [7, 11) is 0. The number of hydrogen-bond acceptors (Lipinski definition) is 4. The average Bonchev–Trinajstić information content (AvgIpc) is 2.71. The standard InChI is InChI=1S/C10H11N3O/c11-5-8-1-3-12-6-10(8)13-9-2-4-14-7-9/h1,3,6,9,13H,2,4,7H2. The SMILES string of the molecule is N#Cc1ccncc1NC1CCOC1. The number of aromatic nitrogens is 1. The molecule has 2 heterocycles. The van der Waals surface area contributed by atoms with Gasteiger partial charge in [-0.15, -0.1) is 0 Å². The van der Waals surface area contributed by atoms with Crippen LogP contribution in [0.2, 0.25) is 0 Å². The van der Waals surface area contributed by atoms with Gasteiger partial charge in [0, 0.05) is 12.8 Å². The van der Waals surface area contributed by atoms with Gasteiger partial charge in [-0.05, 0) is 12.5 Å². The fourth-order valence-corrected chi connectivity index (χ4v) is 1.48. The van der Waals surface area contributed by atoms with Crippen molar-refractivity contribution >= 4 is 5.69 Å². The van der Waals surface area contributed by atoms with E-state index in [1.54, 1.807) is 18.5 Å². The lowest BCUT2D eigenvalue weighted by atomic mass is 10.2. The number of rotatable bonds is 2. The maximum absolute atomic E-state index is 8.84. The van der Waals surface area contributed by atoms with Crippen LogP contribution in [0.25, 0.3) is 0 Å². The molecule has 0 aliphatic carbocycles. The van der Waals surface area contributed by atoms with Crippen LogP contribution >= 0.6 is 0 Å². The maximum Gasteiger partial charge on any atom is 0.101 e. The molecule has 1 aliphatic rings. The zero-order valence-electron chi connectivity index (χ0n) is 7.73. The summed E-state index contributed by atoms with van der Waals surface area (Å²) < 4.78 is 5.24. The van der Waals surface area contributed by atoms with Crippen LogP contribution in [0.15, 0.2) is 18.5 Å². The molecule has 1 N–H and O–H groups in total. The monoisotopic (exact) mass is 189 g/mol. The summed E-state index contributed by atoms with van der Waals surface area (Å²) in [5, 5.41) is 12.1. The van der Waals surface area contributed by atoms with E-state index in [1.807, 2.05) is 0 Å². The first-order chi connectivity index (χ1) is 6.90. The second-order valence-corrected chi connectivity index (χ2v) is 3.24. The molecule has 0 aromatic carbocycles. The van der Waals surface area contributed by atoms with Gasteiger partial charge in [-0.2, -0.15) is 5.26 Å². The first-order valence-electron chi connectivity index (χ1n) is 4.58. The van der Waals surface area contributed by atoms with E-state index in [4.69, 9.17) is 10.00 Å². The van der Waals surface area contributed by atoms with Crippen molar-refractivity contribution in [2.24, 2.45) is 0 Å². The van der Waals surface area contributed by atoms with E-state index < -0.39 is 0 Å². The Kier molecular flexibility index (Phi) is 2.61. The predicted octanol–water partition coefficient (Wildman–Crippen LogP) is 1.15. The molecule has 72 valence electrons. The summed E-state index contributed by atoms with van der Waals surface area (Å²) in [5.74, 6) is 0. The Morgan fingerprint density at radius 1 is 1.64 bits per heavy atom. The van der Waals surface area contributed by atoms with Crippen LogP contribution in [-0.4, -0.2) is 24.2 Å². The first-order valence-corrected chi connectivity index (χ1v) is 4.58. The zero-order chi connectivity index (χ0) is 9.80. The normalized spacial score (nSPS) is 20.4.